The van der Waals surface area contributed by atoms with Crippen LogP contribution >= 0.6 is 15.9 Å². The van der Waals surface area contributed by atoms with E-state index in [1.807, 2.05) is 12.3 Å². The van der Waals surface area contributed by atoms with Crippen molar-refractivity contribution in [3.8, 4) is 0 Å². The molecule has 2 aromatic heterocycles. The van der Waals surface area contributed by atoms with Gasteiger partial charge in [-0.2, -0.15) is 0 Å². The fraction of sp³-hybridized carbons (Fsp3) is 0.182. The van der Waals surface area contributed by atoms with Crippen LogP contribution in [0.15, 0.2) is 35.5 Å². The molecule has 0 aliphatic rings. The summed E-state index contributed by atoms with van der Waals surface area (Å²) in [4.78, 5) is 12.1. The van der Waals surface area contributed by atoms with Crippen LogP contribution in [0.5, 0.6) is 0 Å². The molecule has 0 radical (unpaired) electrons. The highest BCUT2D eigenvalue weighted by atomic mass is 79.9. The van der Waals surface area contributed by atoms with E-state index in [0.717, 1.165) is 15.9 Å². The van der Waals surface area contributed by atoms with E-state index in [4.69, 9.17) is 0 Å². The van der Waals surface area contributed by atoms with E-state index in [2.05, 4.69) is 43.1 Å². The number of pyridine rings is 1. The number of nitrogens with one attached hydrogen (secondary N) is 1. The standard InChI is InChI=1S/C11H11BrN4/c1-8-2-3-13-4-9(8)5-15-11-10(12)6-14-7-16-11/h2-4,6-7H,5H2,1H3,(H,14,15,16). The Kier molecular flexibility index (Phi) is 3.46. The Balaban J connectivity index is 2.09. The maximum absolute atomic E-state index is 4.13. The third kappa shape index (κ3) is 2.55. The third-order valence-corrected chi connectivity index (χ3v) is 2.84. The smallest absolute Gasteiger partial charge is 0.144 e. The SMILES string of the molecule is Cc1ccncc1CNc1ncncc1Br. The highest BCUT2D eigenvalue weighted by molar-refractivity contribution is 9.10. The van der Waals surface area contributed by atoms with E-state index in [9.17, 15) is 0 Å². The first-order chi connectivity index (χ1) is 7.77. The lowest BCUT2D eigenvalue weighted by Crippen LogP contribution is -2.04. The molecular weight excluding hydrogens is 268 g/mol. The highest BCUT2D eigenvalue weighted by Crippen LogP contribution is 2.18. The molecule has 0 aliphatic carbocycles. The molecule has 1 N–H and O–H groups in total. The molecule has 4 nitrogen and oxygen atoms in total. The largest absolute Gasteiger partial charge is 0.365 e. The van der Waals surface area contributed by atoms with E-state index in [1.165, 1.54) is 11.9 Å². The number of aryl methyl sites for hydroxylation is 1. The summed E-state index contributed by atoms with van der Waals surface area (Å²) in [5, 5.41) is 3.23. The van der Waals surface area contributed by atoms with Crippen molar-refractivity contribution in [1.82, 2.24) is 15.0 Å². The van der Waals surface area contributed by atoms with Crippen LogP contribution in [0.2, 0.25) is 0 Å². The minimum atomic E-state index is 0.704. The third-order valence-electron chi connectivity index (χ3n) is 2.26. The van der Waals surface area contributed by atoms with Crippen LogP contribution in [0.25, 0.3) is 0 Å². The fourth-order valence-electron chi connectivity index (χ4n) is 1.30. The second-order valence-electron chi connectivity index (χ2n) is 3.37. The quantitative estimate of drug-likeness (QED) is 0.938. The lowest BCUT2D eigenvalue weighted by atomic mass is 10.1. The zero-order valence-electron chi connectivity index (χ0n) is 8.81. The number of halogens is 1. The Morgan fingerprint density at radius 3 is 2.94 bits per heavy atom. The zero-order chi connectivity index (χ0) is 11.4. The van der Waals surface area contributed by atoms with E-state index in [-0.39, 0.29) is 0 Å². The molecule has 0 amide bonds. The van der Waals surface area contributed by atoms with Gasteiger partial charge in [-0.15, -0.1) is 0 Å². The van der Waals surface area contributed by atoms with Crippen LogP contribution in [0.4, 0.5) is 5.82 Å². The molecule has 0 aliphatic heterocycles. The van der Waals surface area contributed by atoms with Crippen LogP contribution in [-0.2, 0) is 6.54 Å². The molecular formula is C11H11BrN4. The van der Waals surface area contributed by atoms with Crippen molar-refractivity contribution in [2.45, 2.75) is 13.5 Å². The van der Waals surface area contributed by atoms with E-state index in [0.29, 0.717) is 6.54 Å². The average Bonchev–Trinajstić information content (AvgIpc) is 2.30. The Labute approximate surface area is 102 Å². The predicted octanol–water partition coefficient (Wildman–Crippen LogP) is 2.55. The van der Waals surface area contributed by atoms with E-state index < -0.39 is 0 Å². The lowest BCUT2D eigenvalue weighted by molar-refractivity contribution is 1.04. The first-order valence-electron chi connectivity index (χ1n) is 4.86. The fourth-order valence-corrected chi connectivity index (χ4v) is 1.66. The molecule has 5 heteroatoms. The molecule has 0 atom stereocenters. The minimum absolute atomic E-state index is 0.704. The van der Waals surface area contributed by atoms with Gasteiger partial charge in [0.1, 0.15) is 12.1 Å². The van der Waals surface area contributed by atoms with Gasteiger partial charge in [-0.05, 0) is 40.0 Å². The van der Waals surface area contributed by atoms with Gasteiger partial charge in [0.15, 0.2) is 0 Å². The maximum atomic E-state index is 4.13. The Bertz CT molecular complexity index is 441. The average molecular weight is 279 g/mol. The molecule has 82 valence electrons. The van der Waals surface area contributed by atoms with Crippen molar-refractivity contribution < 1.29 is 0 Å². The number of hydrogen-bond acceptors (Lipinski definition) is 4. The summed E-state index contributed by atoms with van der Waals surface area (Å²) >= 11 is 3.39. The van der Waals surface area contributed by atoms with Crippen molar-refractivity contribution in [1.29, 1.82) is 0 Å². The molecule has 0 unspecified atom stereocenters. The van der Waals surface area contributed by atoms with Crippen LogP contribution in [0.3, 0.4) is 0 Å². The first kappa shape index (κ1) is 11.0. The summed E-state index contributed by atoms with van der Waals surface area (Å²) in [6.45, 7) is 2.77. The normalized spacial score (nSPS) is 10.1. The van der Waals surface area contributed by atoms with Gasteiger partial charge in [-0.25, -0.2) is 9.97 Å². The summed E-state index contributed by atoms with van der Waals surface area (Å²) in [6, 6.07) is 1.99. The minimum Gasteiger partial charge on any atom is -0.365 e. The van der Waals surface area contributed by atoms with Gasteiger partial charge in [-0.3, -0.25) is 4.98 Å². The molecule has 2 rings (SSSR count). The van der Waals surface area contributed by atoms with Crippen molar-refractivity contribution in [2.75, 3.05) is 5.32 Å². The Morgan fingerprint density at radius 1 is 1.31 bits per heavy atom. The Hall–Kier alpha value is -1.49. The molecule has 0 spiro atoms. The van der Waals surface area contributed by atoms with E-state index in [1.54, 1.807) is 12.4 Å². The van der Waals surface area contributed by atoms with E-state index >= 15 is 0 Å². The van der Waals surface area contributed by atoms with Gasteiger partial charge in [0.25, 0.3) is 0 Å². The molecule has 0 bridgehead atoms. The van der Waals surface area contributed by atoms with Crippen molar-refractivity contribution >= 4 is 21.7 Å². The number of hydrogen-bond donors (Lipinski definition) is 1. The van der Waals surface area contributed by atoms with Crippen molar-refractivity contribution in [3.05, 3.63) is 46.6 Å². The molecule has 16 heavy (non-hydrogen) atoms. The number of anilines is 1. The first-order valence-corrected chi connectivity index (χ1v) is 5.65. The summed E-state index contributed by atoms with van der Waals surface area (Å²) in [5.74, 6) is 0.790. The maximum Gasteiger partial charge on any atom is 0.144 e. The second-order valence-corrected chi connectivity index (χ2v) is 4.23. The van der Waals surface area contributed by atoms with Crippen molar-refractivity contribution in [3.63, 3.8) is 0 Å². The molecule has 0 saturated heterocycles. The molecule has 2 aromatic rings. The highest BCUT2D eigenvalue weighted by Gasteiger charge is 2.01. The molecule has 0 fully saturated rings. The number of aromatic nitrogens is 3. The molecule has 0 saturated carbocycles. The molecule has 0 aromatic carbocycles. The number of nitrogens with zero attached hydrogens (tertiary/aromatic N) is 3. The topological polar surface area (TPSA) is 50.7 Å². The molecule has 2 heterocycles. The second kappa shape index (κ2) is 5.03. The summed E-state index contributed by atoms with van der Waals surface area (Å²) in [5.41, 5.74) is 2.38. The predicted molar refractivity (Wildman–Crippen MR) is 66.0 cm³/mol. The van der Waals surface area contributed by atoms with Crippen LogP contribution in [0, 0.1) is 6.92 Å². The van der Waals surface area contributed by atoms with Gasteiger partial charge in [0.2, 0.25) is 0 Å². The van der Waals surface area contributed by atoms with Crippen molar-refractivity contribution in [2.24, 2.45) is 0 Å². The monoisotopic (exact) mass is 278 g/mol. The lowest BCUT2D eigenvalue weighted by Gasteiger charge is -2.08. The van der Waals surface area contributed by atoms with Gasteiger partial charge >= 0.3 is 0 Å². The summed E-state index contributed by atoms with van der Waals surface area (Å²) < 4.78 is 0.858. The summed E-state index contributed by atoms with van der Waals surface area (Å²) in [7, 11) is 0. The van der Waals surface area contributed by atoms with Crippen LogP contribution in [0.1, 0.15) is 11.1 Å². The summed E-state index contributed by atoms with van der Waals surface area (Å²) in [6.07, 6.45) is 6.88. The van der Waals surface area contributed by atoms with Gasteiger partial charge in [-0.1, -0.05) is 0 Å². The number of rotatable bonds is 3. The van der Waals surface area contributed by atoms with Gasteiger partial charge < -0.3 is 5.32 Å². The van der Waals surface area contributed by atoms with Crippen LogP contribution in [-0.4, -0.2) is 15.0 Å². The zero-order valence-corrected chi connectivity index (χ0v) is 10.4. The van der Waals surface area contributed by atoms with Gasteiger partial charge in [0, 0.05) is 25.1 Å². The van der Waals surface area contributed by atoms with Crippen LogP contribution < -0.4 is 5.32 Å². The van der Waals surface area contributed by atoms with Gasteiger partial charge in [0.05, 0.1) is 4.47 Å². The Morgan fingerprint density at radius 2 is 2.19 bits per heavy atom.